The molecular weight excluding hydrogens is 479 g/mol. The minimum absolute atomic E-state index is 0.0178. The lowest BCUT2D eigenvalue weighted by molar-refractivity contribution is -0.190. The molecule has 3 rings (SSSR count). The Labute approximate surface area is 205 Å². The van der Waals surface area contributed by atoms with Gasteiger partial charge in [0.2, 0.25) is 11.8 Å². The van der Waals surface area contributed by atoms with Gasteiger partial charge in [-0.1, -0.05) is 44.2 Å². The highest BCUT2D eigenvalue weighted by molar-refractivity contribution is 6.22. The number of ether oxygens (including phenoxy) is 2. The number of hydrogen-bond donors (Lipinski definition) is 0. The number of carbonyl (C=O) groups is 4. The first-order valence-corrected chi connectivity index (χ1v) is 11.2. The number of benzene rings is 2. The molecule has 1 heterocycles. The summed E-state index contributed by atoms with van der Waals surface area (Å²) in [5.41, 5.74) is 0.990. The molecule has 2 amide bonds. The largest absolute Gasteiger partial charge is 0.456 e. The van der Waals surface area contributed by atoms with Crippen LogP contribution in [0.5, 0.6) is 5.75 Å². The van der Waals surface area contributed by atoms with Crippen molar-refractivity contribution in [3.8, 4) is 5.75 Å². The number of anilines is 1. The zero-order valence-electron chi connectivity index (χ0n) is 19.5. The molecule has 3 unspecified atom stereocenters. The van der Waals surface area contributed by atoms with Crippen molar-refractivity contribution >= 4 is 35.5 Å². The van der Waals surface area contributed by atoms with E-state index >= 15 is 0 Å². The first-order valence-electron chi connectivity index (χ1n) is 11.2. The fourth-order valence-corrected chi connectivity index (χ4v) is 3.97. The van der Waals surface area contributed by atoms with Crippen LogP contribution in [-0.4, -0.2) is 36.5 Å². The number of alkyl halides is 3. The van der Waals surface area contributed by atoms with E-state index in [9.17, 15) is 32.3 Å². The SMILES string of the molecule is CCC(C(=O)OCC(F)(F)F)C1C(=O)N(c2ccc(OC(=O)/C=C/c3ccccc3)cc2)C(=O)C1C. The average Bonchev–Trinajstić information content (AvgIpc) is 3.06. The molecule has 1 fully saturated rings. The molecule has 1 saturated heterocycles. The van der Waals surface area contributed by atoms with Crippen molar-refractivity contribution in [2.45, 2.75) is 26.4 Å². The second-order valence-electron chi connectivity index (χ2n) is 8.22. The molecular formula is C26H24F3NO6. The molecule has 1 aliphatic heterocycles. The van der Waals surface area contributed by atoms with Crippen LogP contribution in [0.15, 0.2) is 60.7 Å². The van der Waals surface area contributed by atoms with Crippen LogP contribution in [0.4, 0.5) is 18.9 Å². The van der Waals surface area contributed by atoms with E-state index in [1.807, 2.05) is 30.3 Å². The first kappa shape index (κ1) is 26.7. The maximum absolute atomic E-state index is 13.1. The zero-order valence-corrected chi connectivity index (χ0v) is 19.5. The highest BCUT2D eigenvalue weighted by atomic mass is 19.4. The van der Waals surface area contributed by atoms with Crippen molar-refractivity contribution in [1.29, 1.82) is 0 Å². The van der Waals surface area contributed by atoms with Crippen molar-refractivity contribution in [3.05, 3.63) is 66.2 Å². The van der Waals surface area contributed by atoms with E-state index < -0.39 is 54.3 Å². The number of halogens is 3. The van der Waals surface area contributed by atoms with Crippen molar-refractivity contribution < 1.29 is 41.8 Å². The molecule has 0 spiro atoms. The number of rotatable bonds is 8. The summed E-state index contributed by atoms with van der Waals surface area (Å²) >= 11 is 0. The normalized spacial score (nSPS) is 19.0. The van der Waals surface area contributed by atoms with Gasteiger partial charge in [-0.25, -0.2) is 4.79 Å². The topological polar surface area (TPSA) is 90.0 Å². The Hall–Kier alpha value is -3.95. The summed E-state index contributed by atoms with van der Waals surface area (Å²) in [6.07, 6.45) is -1.84. The van der Waals surface area contributed by atoms with E-state index in [2.05, 4.69) is 4.74 Å². The fraction of sp³-hybridized carbons (Fsp3) is 0.308. The van der Waals surface area contributed by atoms with Crippen LogP contribution in [0, 0.1) is 17.8 Å². The lowest BCUT2D eigenvalue weighted by Gasteiger charge is -2.22. The Morgan fingerprint density at radius 1 is 1.03 bits per heavy atom. The van der Waals surface area contributed by atoms with E-state index in [1.54, 1.807) is 6.08 Å². The van der Waals surface area contributed by atoms with Crippen molar-refractivity contribution in [2.75, 3.05) is 11.5 Å². The van der Waals surface area contributed by atoms with Crippen LogP contribution in [0.25, 0.3) is 6.08 Å². The predicted octanol–water partition coefficient (Wildman–Crippen LogP) is 4.56. The Morgan fingerprint density at radius 2 is 1.67 bits per heavy atom. The van der Waals surface area contributed by atoms with Crippen LogP contribution in [0.1, 0.15) is 25.8 Å². The summed E-state index contributed by atoms with van der Waals surface area (Å²) in [6.45, 7) is 1.21. The number of amides is 2. The monoisotopic (exact) mass is 503 g/mol. The van der Waals surface area contributed by atoms with E-state index in [4.69, 9.17) is 4.74 Å². The van der Waals surface area contributed by atoms with Crippen LogP contribution in [0.3, 0.4) is 0 Å². The smallest absolute Gasteiger partial charge is 0.422 e. The van der Waals surface area contributed by atoms with E-state index in [0.717, 1.165) is 10.5 Å². The van der Waals surface area contributed by atoms with Crippen molar-refractivity contribution in [1.82, 2.24) is 0 Å². The van der Waals surface area contributed by atoms with Gasteiger partial charge >= 0.3 is 18.1 Å². The molecule has 1 aliphatic rings. The third kappa shape index (κ3) is 6.38. The van der Waals surface area contributed by atoms with Gasteiger partial charge in [-0.2, -0.15) is 13.2 Å². The number of nitrogens with zero attached hydrogens (tertiary/aromatic N) is 1. The summed E-state index contributed by atoms with van der Waals surface area (Å²) in [5.74, 6) is -6.25. The minimum atomic E-state index is -4.70. The zero-order chi connectivity index (χ0) is 26.5. The molecule has 0 saturated carbocycles. The van der Waals surface area contributed by atoms with Gasteiger partial charge in [0, 0.05) is 12.0 Å². The number of imide groups is 1. The van der Waals surface area contributed by atoms with E-state index in [-0.39, 0.29) is 17.9 Å². The van der Waals surface area contributed by atoms with Crippen LogP contribution in [0.2, 0.25) is 0 Å². The van der Waals surface area contributed by atoms with Crippen LogP contribution < -0.4 is 9.64 Å². The minimum Gasteiger partial charge on any atom is -0.456 e. The Morgan fingerprint density at radius 3 is 2.25 bits per heavy atom. The Kier molecular flexibility index (Phi) is 8.29. The van der Waals surface area contributed by atoms with Crippen molar-refractivity contribution in [3.63, 3.8) is 0 Å². The summed E-state index contributed by atoms with van der Waals surface area (Å²) in [6, 6.07) is 14.7. The van der Waals surface area contributed by atoms with Crippen LogP contribution in [-0.2, 0) is 23.9 Å². The second-order valence-corrected chi connectivity index (χ2v) is 8.22. The summed E-state index contributed by atoms with van der Waals surface area (Å²) in [4.78, 5) is 51.2. The molecule has 0 aromatic heterocycles. The average molecular weight is 503 g/mol. The van der Waals surface area contributed by atoms with Crippen LogP contribution >= 0.6 is 0 Å². The van der Waals surface area contributed by atoms with Gasteiger partial charge in [-0.15, -0.1) is 0 Å². The molecule has 36 heavy (non-hydrogen) atoms. The Balaban J connectivity index is 1.70. The molecule has 2 aromatic rings. The molecule has 0 bridgehead atoms. The third-order valence-corrected chi connectivity index (χ3v) is 5.73. The highest BCUT2D eigenvalue weighted by Gasteiger charge is 2.51. The lowest BCUT2D eigenvalue weighted by atomic mass is 9.82. The van der Waals surface area contributed by atoms with Gasteiger partial charge in [-0.3, -0.25) is 19.3 Å². The molecule has 7 nitrogen and oxygen atoms in total. The maximum atomic E-state index is 13.1. The van der Waals surface area contributed by atoms with Gasteiger partial charge in [0.05, 0.1) is 17.5 Å². The number of hydrogen-bond acceptors (Lipinski definition) is 6. The molecule has 190 valence electrons. The third-order valence-electron chi connectivity index (χ3n) is 5.73. The van der Waals surface area contributed by atoms with Gasteiger partial charge in [0.25, 0.3) is 0 Å². The van der Waals surface area contributed by atoms with Gasteiger partial charge in [0.1, 0.15) is 5.75 Å². The highest BCUT2D eigenvalue weighted by Crippen LogP contribution is 2.37. The molecule has 0 aliphatic carbocycles. The summed E-state index contributed by atoms with van der Waals surface area (Å²) in [7, 11) is 0. The summed E-state index contributed by atoms with van der Waals surface area (Å²) in [5, 5.41) is 0. The number of esters is 2. The first-order chi connectivity index (χ1) is 17.0. The molecule has 10 heteroatoms. The quantitative estimate of drug-likeness (QED) is 0.227. The van der Waals surface area contributed by atoms with Gasteiger partial charge < -0.3 is 9.47 Å². The predicted molar refractivity (Wildman–Crippen MR) is 123 cm³/mol. The standard InChI is InChI=1S/C26H24F3NO6/c1-3-20(25(34)35-15-26(27,28)29)22-16(2)23(32)30(24(22)33)18-10-12-19(13-11-18)36-21(31)14-9-17-7-5-4-6-8-17/h4-14,16,20,22H,3,15H2,1-2H3/b14-9+. The molecule has 0 radical (unpaired) electrons. The van der Waals surface area contributed by atoms with E-state index in [0.29, 0.717) is 0 Å². The lowest BCUT2D eigenvalue weighted by Crippen LogP contribution is -2.36. The van der Waals surface area contributed by atoms with Gasteiger partial charge in [-0.05, 0) is 42.3 Å². The fourth-order valence-electron chi connectivity index (χ4n) is 3.97. The molecule has 2 aromatic carbocycles. The molecule has 3 atom stereocenters. The van der Waals surface area contributed by atoms with Gasteiger partial charge in [0.15, 0.2) is 6.61 Å². The maximum Gasteiger partial charge on any atom is 0.422 e. The summed E-state index contributed by atoms with van der Waals surface area (Å²) < 4.78 is 46.9. The number of carbonyl (C=O) groups excluding carboxylic acids is 4. The van der Waals surface area contributed by atoms with E-state index in [1.165, 1.54) is 44.2 Å². The Bertz CT molecular complexity index is 1140. The van der Waals surface area contributed by atoms with Crippen molar-refractivity contribution in [2.24, 2.45) is 17.8 Å². The molecule has 0 N–H and O–H groups in total. The second kappa shape index (κ2) is 11.2.